The van der Waals surface area contributed by atoms with E-state index in [-0.39, 0.29) is 11.2 Å². The van der Waals surface area contributed by atoms with E-state index in [4.69, 9.17) is 4.99 Å². The Morgan fingerprint density at radius 2 is 2.19 bits per heavy atom. The number of benzene rings is 1. The maximum absolute atomic E-state index is 13.4. The standard InChI is InChI=1S/C17H24FN3/c1-3-19-16(21-15-9-12(15)2)20-11-17(7-8-17)13-5-4-6-14(18)10-13/h4-6,10,12,15H,3,7-9,11H2,1-2H3,(H2,19,20,21). The molecule has 0 spiro atoms. The first-order valence-corrected chi connectivity index (χ1v) is 7.94. The van der Waals surface area contributed by atoms with E-state index in [0.29, 0.717) is 6.04 Å². The molecule has 0 radical (unpaired) electrons. The van der Waals surface area contributed by atoms with E-state index in [2.05, 4.69) is 24.5 Å². The van der Waals surface area contributed by atoms with Crippen molar-refractivity contribution in [1.82, 2.24) is 10.6 Å². The molecule has 3 rings (SSSR count). The van der Waals surface area contributed by atoms with Crippen LogP contribution in [0.25, 0.3) is 0 Å². The van der Waals surface area contributed by atoms with Crippen LogP contribution in [0.15, 0.2) is 29.3 Å². The predicted octanol–water partition coefficient (Wildman–Crippen LogP) is 2.82. The molecule has 2 saturated carbocycles. The number of nitrogens with one attached hydrogen (secondary N) is 2. The van der Waals surface area contributed by atoms with Crippen LogP contribution in [0, 0.1) is 11.7 Å². The molecule has 2 aliphatic rings. The molecule has 2 aliphatic carbocycles. The highest BCUT2D eigenvalue weighted by Crippen LogP contribution is 2.48. The minimum Gasteiger partial charge on any atom is -0.357 e. The molecule has 0 bridgehead atoms. The van der Waals surface area contributed by atoms with E-state index in [9.17, 15) is 4.39 Å². The van der Waals surface area contributed by atoms with Crippen molar-refractivity contribution in [3.8, 4) is 0 Å². The third kappa shape index (κ3) is 3.36. The largest absolute Gasteiger partial charge is 0.357 e. The summed E-state index contributed by atoms with van der Waals surface area (Å²) >= 11 is 0. The number of rotatable bonds is 5. The highest BCUT2D eigenvalue weighted by molar-refractivity contribution is 5.80. The van der Waals surface area contributed by atoms with Gasteiger partial charge in [0.25, 0.3) is 0 Å². The molecule has 0 saturated heterocycles. The second kappa shape index (κ2) is 5.66. The van der Waals surface area contributed by atoms with Gasteiger partial charge >= 0.3 is 0 Å². The lowest BCUT2D eigenvalue weighted by Gasteiger charge is -2.16. The van der Waals surface area contributed by atoms with Crippen LogP contribution < -0.4 is 10.6 Å². The summed E-state index contributed by atoms with van der Waals surface area (Å²) in [5, 5.41) is 6.77. The molecule has 0 heterocycles. The normalized spacial score (nSPS) is 26.3. The molecule has 2 N–H and O–H groups in total. The van der Waals surface area contributed by atoms with Gasteiger partial charge in [0.05, 0.1) is 6.54 Å². The van der Waals surface area contributed by atoms with Crippen LogP contribution >= 0.6 is 0 Å². The molecule has 2 unspecified atom stereocenters. The van der Waals surface area contributed by atoms with E-state index >= 15 is 0 Å². The van der Waals surface area contributed by atoms with E-state index in [1.165, 1.54) is 12.5 Å². The Morgan fingerprint density at radius 3 is 2.76 bits per heavy atom. The molecule has 0 aromatic heterocycles. The van der Waals surface area contributed by atoms with Crippen molar-refractivity contribution in [3.05, 3.63) is 35.6 Å². The zero-order valence-corrected chi connectivity index (χ0v) is 12.8. The molecule has 2 atom stereocenters. The Balaban J connectivity index is 1.67. The van der Waals surface area contributed by atoms with Gasteiger partial charge in [0.15, 0.2) is 5.96 Å². The third-order valence-electron chi connectivity index (χ3n) is 4.61. The summed E-state index contributed by atoms with van der Waals surface area (Å²) in [6.45, 7) is 5.91. The Hall–Kier alpha value is -1.58. The number of halogens is 1. The first kappa shape index (κ1) is 14.4. The van der Waals surface area contributed by atoms with Crippen molar-refractivity contribution >= 4 is 5.96 Å². The number of aliphatic imine (C=N–C) groups is 1. The first-order valence-electron chi connectivity index (χ1n) is 7.94. The van der Waals surface area contributed by atoms with Gasteiger partial charge in [-0.05, 0) is 49.8 Å². The van der Waals surface area contributed by atoms with Crippen LogP contribution in [0.5, 0.6) is 0 Å². The topological polar surface area (TPSA) is 36.4 Å². The van der Waals surface area contributed by atoms with Gasteiger partial charge in [-0.3, -0.25) is 4.99 Å². The number of hydrogen-bond acceptors (Lipinski definition) is 1. The average Bonchev–Trinajstić information content (AvgIpc) is 3.36. The van der Waals surface area contributed by atoms with Crippen LogP contribution in [-0.4, -0.2) is 25.1 Å². The van der Waals surface area contributed by atoms with Gasteiger partial charge in [-0.15, -0.1) is 0 Å². The van der Waals surface area contributed by atoms with Crippen molar-refractivity contribution < 1.29 is 4.39 Å². The van der Waals surface area contributed by atoms with Crippen LogP contribution in [-0.2, 0) is 5.41 Å². The van der Waals surface area contributed by atoms with Gasteiger partial charge in [0.2, 0.25) is 0 Å². The molecule has 3 nitrogen and oxygen atoms in total. The molecule has 4 heteroatoms. The quantitative estimate of drug-likeness (QED) is 0.646. The molecule has 1 aromatic rings. The van der Waals surface area contributed by atoms with Crippen molar-refractivity contribution in [2.75, 3.05) is 13.1 Å². The zero-order chi connectivity index (χ0) is 14.9. The Labute approximate surface area is 126 Å². The van der Waals surface area contributed by atoms with Gasteiger partial charge in [0, 0.05) is 18.0 Å². The van der Waals surface area contributed by atoms with E-state index in [1.807, 2.05) is 6.07 Å². The number of nitrogens with zero attached hydrogens (tertiary/aromatic N) is 1. The second-order valence-electron chi connectivity index (χ2n) is 6.45. The van der Waals surface area contributed by atoms with Crippen molar-refractivity contribution in [3.63, 3.8) is 0 Å². The highest BCUT2D eigenvalue weighted by Gasteiger charge is 2.44. The molecular formula is C17H24FN3. The van der Waals surface area contributed by atoms with Gasteiger partial charge in [0.1, 0.15) is 5.82 Å². The van der Waals surface area contributed by atoms with E-state index in [1.54, 1.807) is 12.1 Å². The van der Waals surface area contributed by atoms with E-state index < -0.39 is 0 Å². The Kier molecular flexibility index (Phi) is 3.87. The molecule has 1 aromatic carbocycles. The minimum absolute atomic E-state index is 0.0552. The fourth-order valence-corrected chi connectivity index (χ4v) is 2.76. The molecule has 0 amide bonds. The molecular weight excluding hydrogens is 265 g/mol. The molecule has 21 heavy (non-hydrogen) atoms. The average molecular weight is 289 g/mol. The maximum Gasteiger partial charge on any atom is 0.191 e. The SMILES string of the molecule is CCNC(=NCC1(c2cccc(F)c2)CC1)NC1CC1C. The Morgan fingerprint density at radius 1 is 1.43 bits per heavy atom. The number of hydrogen-bond donors (Lipinski definition) is 2. The lowest BCUT2D eigenvalue weighted by Crippen LogP contribution is -2.39. The van der Waals surface area contributed by atoms with Crippen LogP contribution in [0.3, 0.4) is 0 Å². The predicted molar refractivity (Wildman–Crippen MR) is 84.0 cm³/mol. The van der Waals surface area contributed by atoms with Crippen molar-refractivity contribution in [2.45, 2.75) is 44.6 Å². The summed E-state index contributed by atoms with van der Waals surface area (Å²) in [7, 11) is 0. The summed E-state index contributed by atoms with van der Waals surface area (Å²) in [6.07, 6.45) is 3.41. The first-order chi connectivity index (χ1) is 10.1. The maximum atomic E-state index is 13.4. The molecule has 114 valence electrons. The van der Waals surface area contributed by atoms with Crippen molar-refractivity contribution in [2.24, 2.45) is 10.9 Å². The third-order valence-corrected chi connectivity index (χ3v) is 4.61. The summed E-state index contributed by atoms with van der Waals surface area (Å²) in [6, 6.07) is 7.54. The van der Waals surface area contributed by atoms with Crippen LogP contribution in [0.4, 0.5) is 4.39 Å². The van der Waals surface area contributed by atoms with Gasteiger partial charge in [-0.25, -0.2) is 4.39 Å². The highest BCUT2D eigenvalue weighted by atomic mass is 19.1. The fraction of sp³-hybridized carbons (Fsp3) is 0.588. The van der Waals surface area contributed by atoms with E-state index in [0.717, 1.165) is 43.4 Å². The summed E-state index contributed by atoms with van der Waals surface area (Å²) < 4.78 is 13.4. The fourth-order valence-electron chi connectivity index (χ4n) is 2.76. The van der Waals surface area contributed by atoms with Gasteiger partial charge in [-0.1, -0.05) is 19.1 Å². The molecule has 0 aliphatic heterocycles. The van der Waals surface area contributed by atoms with Gasteiger partial charge < -0.3 is 10.6 Å². The zero-order valence-electron chi connectivity index (χ0n) is 12.8. The second-order valence-corrected chi connectivity index (χ2v) is 6.45. The van der Waals surface area contributed by atoms with Crippen LogP contribution in [0.2, 0.25) is 0 Å². The van der Waals surface area contributed by atoms with Crippen molar-refractivity contribution in [1.29, 1.82) is 0 Å². The minimum atomic E-state index is -0.153. The lowest BCUT2D eigenvalue weighted by atomic mass is 9.96. The van der Waals surface area contributed by atoms with Gasteiger partial charge in [-0.2, -0.15) is 0 Å². The summed E-state index contributed by atoms with van der Waals surface area (Å²) in [4.78, 5) is 4.74. The summed E-state index contributed by atoms with van der Waals surface area (Å²) in [5.74, 6) is 1.49. The lowest BCUT2D eigenvalue weighted by molar-refractivity contribution is 0.615. The molecule has 2 fully saturated rings. The smallest absolute Gasteiger partial charge is 0.191 e. The van der Waals surface area contributed by atoms with Crippen LogP contribution in [0.1, 0.15) is 38.7 Å². The monoisotopic (exact) mass is 289 g/mol. The Bertz CT molecular complexity index is 537. The number of guanidine groups is 1. The summed E-state index contributed by atoms with van der Waals surface area (Å²) in [5.41, 5.74) is 1.14.